The van der Waals surface area contributed by atoms with Crippen LogP contribution >= 0.6 is 0 Å². The second kappa shape index (κ2) is 9.47. The Morgan fingerprint density at radius 2 is 2.14 bits per heavy atom. The molecule has 1 saturated carbocycles. The number of carbonyl (C=O) groups is 1. The van der Waals surface area contributed by atoms with Gasteiger partial charge in [-0.2, -0.15) is 10.2 Å². The number of hydrogen-bond acceptors (Lipinski definition) is 8. The van der Waals surface area contributed by atoms with E-state index in [0.717, 1.165) is 54.1 Å². The van der Waals surface area contributed by atoms with Crippen molar-refractivity contribution in [3.05, 3.63) is 48.7 Å². The number of methoxy groups -OCH3 is 1. The molecule has 4 aromatic heterocycles. The van der Waals surface area contributed by atoms with Crippen LogP contribution in [0.4, 0.5) is 5.82 Å². The molecule has 11 nitrogen and oxygen atoms in total. The largest absolute Gasteiger partial charge is 0.488 e. The predicted molar refractivity (Wildman–Crippen MR) is 137 cm³/mol. The number of carbonyl (C=O) groups excluding carboxylic acids is 1. The van der Waals surface area contributed by atoms with Crippen molar-refractivity contribution in [1.29, 1.82) is 0 Å². The molecule has 0 spiro atoms. The molecule has 37 heavy (non-hydrogen) atoms. The molecule has 1 saturated heterocycles. The summed E-state index contributed by atoms with van der Waals surface area (Å²) in [6.07, 6.45) is 7.02. The van der Waals surface area contributed by atoms with Crippen molar-refractivity contribution in [2.45, 2.75) is 31.7 Å². The number of likely N-dealkylation sites (N-methyl/N-ethyl adjacent to an activating group) is 1. The van der Waals surface area contributed by atoms with Gasteiger partial charge in [0.15, 0.2) is 11.6 Å². The van der Waals surface area contributed by atoms with Crippen molar-refractivity contribution in [3.63, 3.8) is 0 Å². The third kappa shape index (κ3) is 4.50. The van der Waals surface area contributed by atoms with E-state index in [0.29, 0.717) is 24.3 Å². The van der Waals surface area contributed by atoms with E-state index in [1.165, 1.54) is 6.33 Å². The quantitative estimate of drug-likeness (QED) is 0.372. The minimum atomic E-state index is -0.145. The summed E-state index contributed by atoms with van der Waals surface area (Å²) in [5, 5.41) is 11.9. The maximum Gasteiger partial charge on any atom is 0.229 e. The fourth-order valence-electron chi connectivity index (χ4n) is 5.04. The van der Waals surface area contributed by atoms with Crippen LogP contribution in [0, 0.1) is 5.92 Å². The molecule has 2 aliphatic rings. The van der Waals surface area contributed by atoms with Gasteiger partial charge in [-0.05, 0) is 31.5 Å². The molecular weight excluding hydrogens is 472 g/mol. The van der Waals surface area contributed by atoms with Crippen LogP contribution < -0.4 is 14.8 Å². The Kier molecular flexibility index (Phi) is 5.99. The second-order valence-corrected chi connectivity index (χ2v) is 9.60. The first-order valence-corrected chi connectivity index (χ1v) is 12.6. The van der Waals surface area contributed by atoms with E-state index in [1.54, 1.807) is 23.9 Å². The summed E-state index contributed by atoms with van der Waals surface area (Å²) in [6, 6.07) is 8.13. The summed E-state index contributed by atoms with van der Waals surface area (Å²) in [6.45, 7) is 5.01. The molecule has 0 radical (unpaired) electrons. The first-order valence-electron chi connectivity index (χ1n) is 12.6. The van der Waals surface area contributed by atoms with E-state index in [4.69, 9.17) is 9.47 Å². The number of anilines is 1. The molecule has 192 valence electrons. The monoisotopic (exact) mass is 502 g/mol. The van der Waals surface area contributed by atoms with Crippen LogP contribution in [0.25, 0.3) is 16.8 Å². The Labute approximate surface area is 214 Å². The highest BCUT2D eigenvalue weighted by molar-refractivity contribution is 5.95. The summed E-state index contributed by atoms with van der Waals surface area (Å²) in [5.74, 6) is 1.63. The maximum atomic E-state index is 12.9. The highest BCUT2D eigenvalue weighted by atomic mass is 16.5. The average Bonchev–Trinajstić information content (AvgIpc) is 3.48. The van der Waals surface area contributed by atoms with Crippen LogP contribution in [0.15, 0.2) is 43.0 Å². The van der Waals surface area contributed by atoms with Gasteiger partial charge >= 0.3 is 0 Å². The third-order valence-corrected chi connectivity index (χ3v) is 7.38. The Morgan fingerprint density at radius 1 is 1.24 bits per heavy atom. The number of fused-ring (bicyclic) bond motifs is 1. The lowest BCUT2D eigenvalue weighted by atomic mass is 10.0. The van der Waals surface area contributed by atoms with E-state index in [-0.39, 0.29) is 17.7 Å². The van der Waals surface area contributed by atoms with Crippen molar-refractivity contribution in [3.8, 4) is 22.9 Å². The standard InChI is InChI=1S/C26H30N8O3/c1-4-33-7-6-17(33)14-37-22-13-29-32(2)25(22)16-5-8-34-18(9-16)10-23(31-34)30-26(35)20-11-19(20)21-12-24(36-3)28-15-27-21/h5,8-10,12-13,15,17,19-20H,4,6-7,11,14H2,1-3H3,(H,30,31,35)/t17-,19+,20-/m1/s1. The van der Waals surface area contributed by atoms with Gasteiger partial charge in [-0.15, -0.1) is 0 Å². The number of ether oxygens (including phenoxy) is 2. The topological polar surface area (TPSA) is 112 Å². The number of aryl methyl sites for hydroxylation is 1. The number of pyridine rings is 1. The van der Waals surface area contributed by atoms with Crippen LogP contribution in [0.2, 0.25) is 0 Å². The van der Waals surface area contributed by atoms with Gasteiger partial charge in [-0.25, -0.2) is 14.5 Å². The average molecular weight is 503 g/mol. The normalized spacial score (nSPS) is 21.0. The Bertz CT molecular complexity index is 1440. The fourth-order valence-corrected chi connectivity index (χ4v) is 5.04. The lowest BCUT2D eigenvalue weighted by Crippen LogP contribution is -2.50. The van der Waals surface area contributed by atoms with Gasteiger partial charge < -0.3 is 14.8 Å². The number of hydrogen-bond donors (Lipinski definition) is 1. The molecule has 11 heteroatoms. The number of amides is 1. The summed E-state index contributed by atoms with van der Waals surface area (Å²) in [5.41, 5.74) is 3.57. The number of aromatic nitrogens is 6. The molecule has 0 aromatic carbocycles. The fraction of sp³-hybridized carbons (Fsp3) is 0.423. The Morgan fingerprint density at radius 3 is 2.92 bits per heavy atom. The van der Waals surface area contributed by atoms with Crippen LogP contribution in [0.1, 0.15) is 31.4 Å². The van der Waals surface area contributed by atoms with Gasteiger partial charge in [0, 0.05) is 55.4 Å². The predicted octanol–water partition coefficient (Wildman–Crippen LogP) is 2.75. The van der Waals surface area contributed by atoms with Crippen LogP contribution in [0.3, 0.4) is 0 Å². The lowest BCUT2D eigenvalue weighted by Gasteiger charge is -2.39. The zero-order chi connectivity index (χ0) is 25.5. The minimum absolute atomic E-state index is 0.0631. The van der Waals surface area contributed by atoms with Gasteiger partial charge in [0.1, 0.15) is 18.6 Å². The molecule has 0 unspecified atom stereocenters. The highest BCUT2D eigenvalue weighted by Crippen LogP contribution is 2.47. The number of likely N-dealkylation sites (tertiary alicyclic amines) is 1. The second-order valence-electron chi connectivity index (χ2n) is 9.60. The lowest BCUT2D eigenvalue weighted by molar-refractivity contribution is -0.117. The van der Waals surface area contributed by atoms with Crippen LogP contribution in [0.5, 0.6) is 11.6 Å². The van der Waals surface area contributed by atoms with Crippen molar-refractivity contribution in [2.75, 3.05) is 32.1 Å². The van der Waals surface area contributed by atoms with Gasteiger partial charge in [0.2, 0.25) is 11.8 Å². The summed E-state index contributed by atoms with van der Waals surface area (Å²) in [7, 11) is 3.48. The van der Waals surface area contributed by atoms with E-state index in [9.17, 15) is 4.79 Å². The van der Waals surface area contributed by atoms with Crippen molar-refractivity contribution in [1.82, 2.24) is 34.3 Å². The molecule has 4 aromatic rings. The molecule has 3 atom stereocenters. The molecule has 1 aliphatic heterocycles. The van der Waals surface area contributed by atoms with Crippen LogP contribution in [-0.2, 0) is 11.8 Å². The SMILES string of the molecule is CCN1CC[C@@H]1COc1cnn(C)c1-c1ccn2nc(NC(=O)[C@@H]3C[C@@H]3c3cc(OC)ncn3)cc2c1. The van der Waals surface area contributed by atoms with E-state index < -0.39 is 0 Å². The Balaban J connectivity index is 1.15. The van der Waals surface area contributed by atoms with Crippen LogP contribution in [-0.4, -0.2) is 73.0 Å². The number of nitrogens with zero attached hydrogens (tertiary/aromatic N) is 7. The summed E-state index contributed by atoms with van der Waals surface area (Å²) in [4.78, 5) is 23.6. The first-order chi connectivity index (χ1) is 18.0. The van der Waals surface area contributed by atoms with E-state index >= 15 is 0 Å². The number of rotatable bonds is 9. The molecule has 2 fully saturated rings. The molecular formula is C26H30N8O3. The van der Waals surface area contributed by atoms with Gasteiger partial charge in [0.05, 0.1) is 24.5 Å². The summed E-state index contributed by atoms with van der Waals surface area (Å²) < 4.78 is 14.9. The molecule has 1 amide bonds. The van der Waals surface area contributed by atoms with Gasteiger partial charge in [-0.3, -0.25) is 14.4 Å². The van der Waals surface area contributed by atoms with E-state index in [2.05, 4.69) is 37.3 Å². The van der Waals surface area contributed by atoms with Gasteiger partial charge in [0.25, 0.3) is 0 Å². The minimum Gasteiger partial charge on any atom is -0.488 e. The smallest absolute Gasteiger partial charge is 0.229 e. The van der Waals surface area contributed by atoms with E-state index in [1.807, 2.05) is 36.1 Å². The molecule has 1 aliphatic carbocycles. The zero-order valence-electron chi connectivity index (χ0n) is 21.2. The van der Waals surface area contributed by atoms with Crippen molar-refractivity contribution >= 4 is 17.2 Å². The van der Waals surface area contributed by atoms with Crippen molar-refractivity contribution in [2.24, 2.45) is 13.0 Å². The highest BCUT2D eigenvalue weighted by Gasteiger charge is 2.45. The Hall–Kier alpha value is -3.99. The molecule has 6 rings (SSSR count). The van der Waals surface area contributed by atoms with Gasteiger partial charge in [-0.1, -0.05) is 6.92 Å². The molecule has 5 heterocycles. The zero-order valence-corrected chi connectivity index (χ0v) is 21.2. The maximum absolute atomic E-state index is 12.9. The summed E-state index contributed by atoms with van der Waals surface area (Å²) >= 11 is 0. The number of nitrogens with one attached hydrogen (secondary N) is 1. The molecule has 0 bridgehead atoms. The van der Waals surface area contributed by atoms with Crippen molar-refractivity contribution < 1.29 is 14.3 Å². The molecule has 1 N–H and O–H groups in total. The third-order valence-electron chi connectivity index (χ3n) is 7.38. The first kappa shape index (κ1) is 23.4.